The van der Waals surface area contributed by atoms with Crippen molar-refractivity contribution in [3.05, 3.63) is 18.2 Å². The van der Waals surface area contributed by atoms with E-state index in [1.165, 1.54) is 0 Å². The molecule has 1 saturated heterocycles. The third-order valence-electron chi connectivity index (χ3n) is 4.87. The van der Waals surface area contributed by atoms with Gasteiger partial charge in [-0.3, -0.25) is 4.79 Å². The minimum Gasteiger partial charge on any atom is -0.393 e. The van der Waals surface area contributed by atoms with Crippen molar-refractivity contribution in [2.45, 2.75) is 37.8 Å². The van der Waals surface area contributed by atoms with Gasteiger partial charge in [0, 0.05) is 25.5 Å². The van der Waals surface area contributed by atoms with Crippen molar-refractivity contribution in [1.82, 2.24) is 20.2 Å². The maximum absolute atomic E-state index is 12.4. The number of imidazole rings is 1. The second-order valence-electron chi connectivity index (χ2n) is 6.33. The lowest BCUT2D eigenvalue weighted by molar-refractivity contribution is 0.00903. The van der Waals surface area contributed by atoms with E-state index in [-0.39, 0.29) is 18.1 Å². The van der Waals surface area contributed by atoms with Gasteiger partial charge in [0.2, 0.25) is 0 Å². The Labute approximate surface area is 124 Å². The molecule has 0 aromatic carbocycles. The molecule has 0 spiro atoms. The number of nitrogens with one attached hydrogen (secondary N) is 2. The lowest BCUT2D eigenvalue weighted by Gasteiger charge is -2.43. The Morgan fingerprint density at radius 1 is 1.43 bits per heavy atom. The van der Waals surface area contributed by atoms with Gasteiger partial charge in [-0.25, -0.2) is 4.98 Å². The van der Waals surface area contributed by atoms with Crippen LogP contribution in [0.3, 0.4) is 0 Å². The van der Waals surface area contributed by atoms with Crippen LogP contribution in [0, 0.1) is 11.8 Å². The third kappa shape index (κ3) is 3.11. The molecule has 1 amide bonds. The Balaban J connectivity index is 1.69. The van der Waals surface area contributed by atoms with Crippen LogP contribution in [0.25, 0.3) is 0 Å². The zero-order valence-electron chi connectivity index (χ0n) is 12.5. The number of aromatic nitrogens is 2. The summed E-state index contributed by atoms with van der Waals surface area (Å²) in [7, 11) is 1.83. The van der Waals surface area contributed by atoms with Crippen LogP contribution >= 0.6 is 0 Å². The summed E-state index contributed by atoms with van der Waals surface area (Å²) in [6.07, 6.45) is 6.99. The highest BCUT2D eigenvalue weighted by Crippen LogP contribution is 2.35. The van der Waals surface area contributed by atoms with Gasteiger partial charge < -0.3 is 20.3 Å². The fraction of sp³-hybridized carbons (Fsp3) is 0.733. The predicted octanol–water partition coefficient (Wildman–Crippen LogP) is 0.289. The predicted molar refractivity (Wildman–Crippen MR) is 78.8 cm³/mol. The first-order valence-electron chi connectivity index (χ1n) is 7.82. The maximum Gasteiger partial charge on any atom is 0.287 e. The van der Waals surface area contributed by atoms with E-state index in [1.807, 2.05) is 7.05 Å². The van der Waals surface area contributed by atoms with Gasteiger partial charge in [0.25, 0.3) is 5.91 Å². The average Bonchev–Trinajstić information content (AvgIpc) is 2.89. The maximum atomic E-state index is 12.4. The van der Waals surface area contributed by atoms with Crippen LogP contribution in [-0.2, 0) is 7.05 Å². The normalized spacial score (nSPS) is 27.9. The molecule has 3 rings (SSSR count). The second-order valence-corrected chi connectivity index (χ2v) is 6.33. The number of carbonyl (C=O) groups is 1. The Morgan fingerprint density at radius 3 is 2.71 bits per heavy atom. The Bertz CT molecular complexity index is 490. The first-order valence-corrected chi connectivity index (χ1v) is 7.82. The summed E-state index contributed by atoms with van der Waals surface area (Å²) >= 11 is 0. The smallest absolute Gasteiger partial charge is 0.287 e. The standard InChI is InChI=1S/C15H24N4O2/c1-19-7-6-17-14(19)15(21)18-13(11-8-12(20)9-11)10-2-4-16-5-3-10/h6-7,10-13,16,20H,2-5,8-9H2,1H3,(H,18,21)/t11?,12?,13-/m0/s1. The SMILES string of the molecule is Cn1ccnc1C(=O)N[C@@H](C1CCNCC1)C1CC(O)C1. The van der Waals surface area contributed by atoms with Crippen molar-refractivity contribution in [2.24, 2.45) is 18.9 Å². The zero-order chi connectivity index (χ0) is 14.8. The van der Waals surface area contributed by atoms with Crippen LogP contribution in [0.1, 0.15) is 36.3 Å². The molecule has 0 radical (unpaired) electrons. The molecule has 1 aromatic heterocycles. The summed E-state index contributed by atoms with van der Waals surface area (Å²) in [6, 6.07) is 0.152. The highest BCUT2D eigenvalue weighted by Gasteiger charge is 2.39. The van der Waals surface area contributed by atoms with Crippen molar-refractivity contribution < 1.29 is 9.90 Å². The molecule has 0 unspecified atom stereocenters. The van der Waals surface area contributed by atoms with Gasteiger partial charge in [-0.15, -0.1) is 0 Å². The third-order valence-corrected chi connectivity index (χ3v) is 4.87. The summed E-state index contributed by atoms with van der Waals surface area (Å²) in [6.45, 7) is 2.02. The topological polar surface area (TPSA) is 79.2 Å². The molecule has 1 atom stereocenters. The molecular weight excluding hydrogens is 268 g/mol. The number of carbonyl (C=O) groups excluding carboxylic acids is 1. The number of piperidine rings is 1. The number of aliphatic hydroxyl groups excluding tert-OH is 1. The van der Waals surface area contributed by atoms with Crippen LogP contribution in [0.2, 0.25) is 0 Å². The minimum absolute atomic E-state index is 0.104. The lowest BCUT2D eigenvalue weighted by atomic mass is 9.71. The van der Waals surface area contributed by atoms with Crippen LogP contribution in [0.4, 0.5) is 0 Å². The van der Waals surface area contributed by atoms with Crippen molar-refractivity contribution in [3.63, 3.8) is 0 Å². The summed E-state index contributed by atoms with van der Waals surface area (Å²) in [4.78, 5) is 16.6. The molecule has 3 N–H and O–H groups in total. The van der Waals surface area contributed by atoms with Crippen molar-refractivity contribution in [2.75, 3.05) is 13.1 Å². The molecule has 6 heteroatoms. The lowest BCUT2D eigenvalue weighted by Crippen LogP contribution is -2.53. The number of hydrogen-bond acceptors (Lipinski definition) is 4. The molecule has 21 heavy (non-hydrogen) atoms. The fourth-order valence-corrected chi connectivity index (χ4v) is 3.55. The molecule has 1 aliphatic carbocycles. The highest BCUT2D eigenvalue weighted by atomic mass is 16.3. The van der Waals surface area contributed by atoms with E-state index in [1.54, 1.807) is 17.0 Å². The van der Waals surface area contributed by atoms with Crippen molar-refractivity contribution >= 4 is 5.91 Å². The molecule has 1 aromatic rings. The van der Waals surface area contributed by atoms with Gasteiger partial charge in [-0.1, -0.05) is 0 Å². The van der Waals surface area contributed by atoms with Gasteiger partial charge in [-0.05, 0) is 50.6 Å². The Kier molecular flexibility index (Phi) is 4.26. The van der Waals surface area contributed by atoms with Gasteiger partial charge in [0.1, 0.15) is 0 Å². The van der Waals surface area contributed by atoms with E-state index >= 15 is 0 Å². The number of nitrogens with zero attached hydrogens (tertiary/aromatic N) is 2. The summed E-state index contributed by atoms with van der Waals surface area (Å²) in [5.74, 6) is 1.24. The molecule has 1 aliphatic heterocycles. The van der Waals surface area contributed by atoms with Crippen LogP contribution in [-0.4, -0.2) is 45.8 Å². The summed E-state index contributed by atoms with van der Waals surface area (Å²) < 4.78 is 1.74. The van der Waals surface area contributed by atoms with Gasteiger partial charge >= 0.3 is 0 Å². The van der Waals surface area contributed by atoms with E-state index in [9.17, 15) is 9.90 Å². The molecule has 0 bridgehead atoms. The van der Waals surface area contributed by atoms with E-state index in [0.29, 0.717) is 17.7 Å². The largest absolute Gasteiger partial charge is 0.393 e. The second kappa shape index (κ2) is 6.15. The van der Waals surface area contributed by atoms with Crippen LogP contribution in [0.5, 0.6) is 0 Å². The van der Waals surface area contributed by atoms with E-state index in [0.717, 1.165) is 38.8 Å². The number of hydrogen-bond donors (Lipinski definition) is 3. The molecule has 2 aliphatic rings. The Morgan fingerprint density at radius 2 is 2.14 bits per heavy atom. The molecule has 2 fully saturated rings. The Hall–Kier alpha value is -1.40. The number of aryl methyl sites for hydroxylation is 1. The van der Waals surface area contributed by atoms with Crippen molar-refractivity contribution in [3.8, 4) is 0 Å². The van der Waals surface area contributed by atoms with Crippen molar-refractivity contribution in [1.29, 1.82) is 0 Å². The van der Waals surface area contributed by atoms with E-state index in [2.05, 4.69) is 15.6 Å². The molecule has 6 nitrogen and oxygen atoms in total. The average molecular weight is 292 g/mol. The highest BCUT2D eigenvalue weighted by molar-refractivity contribution is 5.91. The van der Waals surface area contributed by atoms with E-state index in [4.69, 9.17) is 0 Å². The first-order chi connectivity index (χ1) is 10.1. The van der Waals surface area contributed by atoms with E-state index < -0.39 is 0 Å². The van der Waals surface area contributed by atoms with Gasteiger partial charge in [0.05, 0.1) is 6.10 Å². The quantitative estimate of drug-likeness (QED) is 0.745. The zero-order valence-corrected chi connectivity index (χ0v) is 12.5. The van der Waals surface area contributed by atoms with Gasteiger partial charge in [0.15, 0.2) is 5.82 Å². The van der Waals surface area contributed by atoms with Gasteiger partial charge in [-0.2, -0.15) is 0 Å². The number of aliphatic hydroxyl groups is 1. The molecule has 1 saturated carbocycles. The first kappa shape index (κ1) is 14.5. The molecular formula is C15H24N4O2. The number of rotatable bonds is 4. The summed E-state index contributed by atoms with van der Waals surface area (Å²) in [5.41, 5.74) is 0. The fourth-order valence-electron chi connectivity index (χ4n) is 3.55. The number of amides is 1. The summed E-state index contributed by atoms with van der Waals surface area (Å²) in [5, 5.41) is 16.1. The molecule has 2 heterocycles. The van der Waals surface area contributed by atoms with Crippen LogP contribution in [0.15, 0.2) is 12.4 Å². The minimum atomic E-state index is -0.190. The van der Waals surface area contributed by atoms with Crippen LogP contribution < -0.4 is 10.6 Å². The monoisotopic (exact) mass is 292 g/mol. The molecule has 116 valence electrons.